The third-order valence-electron chi connectivity index (χ3n) is 5.26. The predicted octanol–water partition coefficient (Wildman–Crippen LogP) is 3.76. The van der Waals surface area contributed by atoms with Crippen molar-refractivity contribution < 1.29 is 12.8 Å². The minimum Gasteiger partial charge on any atom is -0.358 e. The smallest absolute Gasteiger partial charge is 0.240 e. The highest BCUT2D eigenvalue weighted by Gasteiger charge is 2.27. The number of aryl methyl sites for hydroxylation is 3. The van der Waals surface area contributed by atoms with Crippen LogP contribution < -0.4 is 4.72 Å². The van der Waals surface area contributed by atoms with Gasteiger partial charge in [0.1, 0.15) is 5.82 Å². The van der Waals surface area contributed by atoms with E-state index in [9.17, 15) is 12.8 Å². The molecule has 1 aliphatic carbocycles. The molecule has 2 N–H and O–H groups in total. The first-order chi connectivity index (χ1) is 12.3. The summed E-state index contributed by atoms with van der Waals surface area (Å²) in [6.07, 6.45) is 2.01. The van der Waals surface area contributed by atoms with Crippen molar-refractivity contribution in [3.05, 3.63) is 64.6 Å². The monoisotopic (exact) mass is 372 g/mol. The lowest BCUT2D eigenvalue weighted by atomic mass is 9.92. The van der Waals surface area contributed by atoms with E-state index in [1.165, 1.54) is 12.1 Å². The van der Waals surface area contributed by atoms with E-state index in [0.717, 1.165) is 39.7 Å². The summed E-state index contributed by atoms with van der Waals surface area (Å²) in [5, 5.41) is 0.843. The van der Waals surface area contributed by atoms with Crippen molar-refractivity contribution in [2.75, 3.05) is 0 Å². The minimum absolute atomic E-state index is 0.198. The molecular formula is C20H21FN2O2S. The van der Waals surface area contributed by atoms with Gasteiger partial charge in [0, 0.05) is 22.6 Å². The molecule has 3 aromatic rings. The summed E-state index contributed by atoms with van der Waals surface area (Å²) >= 11 is 0. The lowest BCUT2D eigenvalue weighted by molar-refractivity contribution is 0.506. The van der Waals surface area contributed by atoms with Gasteiger partial charge in [-0.3, -0.25) is 0 Å². The summed E-state index contributed by atoms with van der Waals surface area (Å²) in [5.41, 5.74) is 5.00. The topological polar surface area (TPSA) is 62.0 Å². The van der Waals surface area contributed by atoms with Gasteiger partial charge in [-0.05, 0) is 80.1 Å². The molecule has 0 fully saturated rings. The summed E-state index contributed by atoms with van der Waals surface area (Å²) in [6, 6.07) is 9.65. The van der Waals surface area contributed by atoms with Gasteiger partial charge < -0.3 is 4.98 Å². The van der Waals surface area contributed by atoms with E-state index in [4.69, 9.17) is 0 Å². The molecule has 0 spiro atoms. The van der Waals surface area contributed by atoms with Crippen LogP contribution in [0.4, 0.5) is 4.39 Å². The van der Waals surface area contributed by atoms with Crippen molar-refractivity contribution in [3.8, 4) is 0 Å². The van der Waals surface area contributed by atoms with Gasteiger partial charge in [0.25, 0.3) is 0 Å². The van der Waals surface area contributed by atoms with Crippen LogP contribution in [0, 0.1) is 19.7 Å². The Balaban J connectivity index is 1.61. The Labute approximate surface area is 152 Å². The van der Waals surface area contributed by atoms with E-state index in [2.05, 4.69) is 9.71 Å². The molecule has 26 heavy (non-hydrogen) atoms. The quantitative estimate of drug-likeness (QED) is 0.735. The van der Waals surface area contributed by atoms with Crippen molar-refractivity contribution in [2.45, 2.75) is 44.0 Å². The van der Waals surface area contributed by atoms with Crippen LogP contribution >= 0.6 is 0 Å². The zero-order valence-corrected chi connectivity index (χ0v) is 15.6. The summed E-state index contributed by atoms with van der Waals surface area (Å²) in [4.78, 5) is 3.62. The fourth-order valence-corrected chi connectivity index (χ4v) is 5.01. The molecule has 0 saturated carbocycles. The highest BCUT2D eigenvalue weighted by Crippen LogP contribution is 2.30. The minimum atomic E-state index is -3.58. The average molecular weight is 372 g/mol. The van der Waals surface area contributed by atoms with Crippen LogP contribution in [-0.2, 0) is 22.9 Å². The van der Waals surface area contributed by atoms with Gasteiger partial charge >= 0.3 is 0 Å². The van der Waals surface area contributed by atoms with Gasteiger partial charge in [0.15, 0.2) is 0 Å². The number of benzene rings is 2. The number of fused-ring (bicyclic) bond motifs is 3. The molecule has 0 radical (unpaired) electrons. The van der Waals surface area contributed by atoms with E-state index in [1.807, 2.05) is 19.9 Å². The lowest BCUT2D eigenvalue weighted by Gasteiger charge is -2.23. The first-order valence-electron chi connectivity index (χ1n) is 8.72. The van der Waals surface area contributed by atoms with Crippen LogP contribution in [0.3, 0.4) is 0 Å². The maximum atomic E-state index is 13.6. The second-order valence-corrected chi connectivity index (χ2v) is 8.79. The molecule has 6 heteroatoms. The zero-order chi connectivity index (χ0) is 18.5. The third-order valence-corrected chi connectivity index (χ3v) is 6.78. The number of halogens is 1. The molecule has 136 valence electrons. The molecule has 1 aromatic heterocycles. The van der Waals surface area contributed by atoms with Crippen LogP contribution in [0.1, 0.15) is 28.8 Å². The summed E-state index contributed by atoms with van der Waals surface area (Å²) in [7, 11) is -3.58. The Bertz CT molecular complexity index is 1100. The molecule has 4 nitrogen and oxygen atoms in total. The Morgan fingerprint density at radius 1 is 1.12 bits per heavy atom. The van der Waals surface area contributed by atoms with Gasteiger partial charge in [0.2, 0.25) is 10.0 Å². The second kappa shape index (κ2) is 6.21. The molecule has 0 bridgehead atoms. The van der Waals surface area contributed by atoms with Crippen LogP contribution in [0.15, 0.2) is 41.3 Å². The fourth-order valence-electron chi connectivity index (χ4n) is 3.66. The number of hydrogen-bond donors (Lipinski definition) is 2. The Morgan fingerprint density at radius 3 is 2.69 bits per heavy atom. The maximum absolute atomic E-state index is 13.6. The normalized spacial score (nSPS) is 17.4. The standard InChI is InChI=1S/C20H21FN2O2S/c1-12-3-6-16(9-13(12)2)26(24,25)23-15-5-8-20-18(11-15)17-10-14(21)4-7-19(17)22-20/h3-4,6-7,9-10,15,22-23H,5,8,11H2,1-2H3. The van der Waals surface area contributed by atoms with Crippen molar-refractivity contribution >= 4 is 20.9 Å². The Hall–Kier alpha value is -2.18. The Kier molecular flexibility index (Phi) is 4.12. The molecule has 1 aliphatic rings. The molecule has 1 atom stereocenters. The number of H-pyrrole nitrogens is 1. The van der Waals surface area contributed by atoms with E-state index >= 15 is 0 Å². The lowest BCUT2D eigenvalue weighted by Crippen LogP contribution is -2.38. The van der Waals surface area contributed by atoms with Crippen LogP contribution in [0.2, 0.25) is 0 Å². The number of sulfonamides is 1. The van der Waals surface area contributed by atoms with Gasteiger partial charge in [-0.15, -0.1) is 0 Å². The highest BCUT2D eigenvalue weighted by atomic mass is 32.2. The first kappa shape index (κ1) is 17.2. The SMILES string of the molecule is Cc1ccc(S(=O)(=O)NC2CCc3[nH]c4ccc(F)cc4c3C2)cc1C. The number of nitrogens with one attached hydrogen (secondary N) is 2. The third kappa shape index (κ3) is 3.04. The zero-order valence-electron chi connectivity index (χ0n) is 14.8. The molecule has 1 unspecified atom stereocenters. The highest BCUT2D eigenvalue weighted by molar-refractivity contribution is 7.89. The summed E-state index contributed by atoms with van der Waals surface area (Å²) in [5.74, 6) is -0.280. The van der Waals surface area contributed by atoms with Gasteiger partial charge in [-0.2, -0.15) is 0 Å². The van der Waals surface area contributed by atoms with Gasteiger partial charge in [-0.25, -0.2) is 17.5 Å². The molecule has 0 aliphatic heterocycles. The largest absolute Gasteiger partial charge is 0.358 e. The molecular weight excluding hydrogens is 351 g/mol. The van der Waals surface area contributed by atoms with Crippen molar-refractivity contribution in [1.82, 2.24) is 9.71 Å². The van der Waals surface area contributed by atoms with E-state index in [0.29, 0.717) is 12.8 Å². The van der Waals surface area contributed by atoms with E-state index in [-0.39, 0.29) is 16.8 Å². The van der Waals surface area contributed by atoms with Gasteiger partial charge in [-0.1, -0.05) is 6.07 Å². The number of aromatic amines is 1. The first-order valence-corrected chi connectivity index (χ1v) is 10.2. The Morgan fingerprint density at radius 2 is 1.92 bits per heavy atom. The second-order valence-electron chi connectivity index (χ2n) is 7.08. The van der Waals surface area contributed by atoms with Gasteiger partial charge in [0.05, 0.1) is 4.90 Å². The number of rotatable bonds is 3. The fraction of sp³-hybridized carbons (Fsp3) is 0.300. The summed E-state index contributed by atoms with van der Waals surface area (Å²) in [6.45, 7) is 3.86. The molecule has 2 aromatic carbocycles. The van der Waals surface area contributed by atoms with Crippen LogP contribution in [-0.4, -0.2) is 19.4 Å². The van der Waals surface area contributed by atoms with Crippen LogP contribution in [0.25, 0.3) is 10.9 Å². The predicted molar refractivity (Wildman–Crippen MR) is 100 cm³/mol. The number of hydrogen-bond acceptors (Lipinski definition) is 2. The summed E-state index contributed by atoms with van der Waals surface area (Å²) < 4.78 is 42.0. The number of aromatic nitrogens is 1. The molecule has 1 heterocycles. The molecule has 4 rings (SSSR count). The van der Waals surface area contributed by atoms with E-state index < -0.39 is 10.0 Å². The maximum Gasteiger partial charge on any atom is 0.240 e. The van der Waals surface area contributed by atoms with E-state index in [1.54, 1.807) is 18.2 Å². The van der Waals surface area contributed by atoms with Crippen molar-refractivity contribution in [1.29, 1.82) is 0 Å². The molecule has 0 amide bonds. The van der Waals surface area contributed by atoms with Crippen molar-refractivity contribution in [3.63, 3.8) is 0 Å². The average Bonchev–Trinajstić information content (AvgIpc) is 2.94. The van der Waals surface area contributed by atoms with Crippen LogP contribution in [0.5, 0.6) is 0 Å². The van der Waals surface area contributed by atoms with Crippen molar-refractivity contribution in [2.24, 2.45) is 0 Å². The molecule has 0 saturated heterocycles.